The van der Waals surface area contributed by atoms with E-state index in [0.29, 0.717) is 5.54 Å². The van der Waals surface area contributed by atoms with E-state index >= 15 is 0 Å². The maximum Gasteiger partial charge on any atom is 0.0154 e. The Balaban J connectivity index is 1.66. The molecule has 0 aromatic heterocycles. The second-order valence-corrected chi connectivity index (χ2v) is 5.65. The van der Waals surface area contributed by atoms with Gasteiger partial charge in [0.1, 0.15) is 0 Å². The predicted octanol–water partition coefficient (Wildman–Crippen LogP) is 3.49. The zero-order valence-electron chi connectivity index (χ0n) is 9.65. The van der Waals surface area contributed by atoms with Crippen molar-refractivity contribution in [3.8, 4) is 0 Å². The highest BCUT2D eigenvalue weighted by Gasteiger charge is 2.36. The van der Waals surface area contributed by atoms with E-state index in [1.807, 2.05) is 0 Å². The molecule has 0 radical (unpaired) electrons. The van der Waals surface area contributed by atoms with E-state index in [1.165, 1.54) is 64.3 Å². The standard InChI is InChI=1S/C13H25N/c1-13(9-10-13)14-11-12-7-5-3-2-4-6-8-12/h12,14H,2-11H2,1H3. The Morgan fingerprint density at radius 3 is 2.14 bits per heavy atom. The van der Waals surface area contributed by atoms with E-state index in [0.717, 1.165) is 5.92 Å². The van der Waals surface area contributed by atoms with Crippen LogP contribution >= 0.6 is 0 Å². The van der Waals surface area contributed by atoms with Gasteiger partial charge in [0.25, 0.3) is 0 Å². The molecule has 2 aliphatic rings. The lowest BCUT2D eigenvalue weighted by atomic mass is 9.91. The number of rotatable bonds is 3. The Labute approximate surface area is 88.7 Å². The van der Waals surface area contributed by atoms with Gasteiger partial charge in [-0.05, 0) is 45.1 Å². The Bertz CT molecular complexity index is 164. The maximum absolute atomic E-state index is 3.75. The molecule has 1 N–H and O–H groups in total. The van der Waals surface area contributed by atoms with Gasteiger partial charge >= 0.3 is 0 Å². The summed E-state index contributed by atoms with van der Waals surface area (Å²) in [4.78, 5) is 0. The van der Waals surface area contributed by atoms with Crippen LogP contribution in [-0.4, -0.2) is 12.1 Å². The molecule has 2 fully saturated rings. The van der Waals surface area contributed by atoms with Crippen molar-refractivity contribution in [1.82, 2.24) is 5.32 Å². The highest BCUT2D eigenvalue weighted by molar-refractivity contribution is 4.97. The van der Waals surface area contributed by atoms with Gasteiger partial charge in [-0.2, -0.15) is 0 Å². The minimum atomic E-state index is 0.544. The second-order valence-electron chi connectivity index (χ2n) is 5.65. The third kappa shape index (κ3) is 3.27. The third-order valence-corrected chi connectivity index (χ3v) is 4.04. The summed E-state index contributed by atoms with van der Waals surface area (Å²) in [6, 6.07) is 0. The summed E-state index contributed by atoms with van der Waals surface area (Å²) in [7, 11) is 0. The molecule has 2 rings (SSSR count). The van der Waals surface area contributed by atoms with Crippen LogP contribution in [0.15, 0.2) is 0 Å². The van der Waals surface area contributed by atoms with Crippen LogP contribution in [0.3, 0.4) is 0 Å². The van der Waals surface area contributed by atoms with Crippen LogP contribution in [0.2, 0.25) is 0 Å². The van der Waals surface area contributed by atoms with Crippen LogP contribution < -0.4 is 5.32 Å². The molecule has 14 heavy (non-hydrogen) atoms. The summed E-state index contributed by atoms with van der Waals surface area (Å²) in [5, 5.41) is 3.75. The molecular formula is C13H25N. The van der Waals surface area contributed by atoms with E-state index in [2.05, 4.69) is 12.2 Å². The summed E-state index contributed by atoms with van der Waals surface area (Å²) in [6.07, 6.45) is 13.1. The molecular weight excluding hydrogens is 170 g/mol. The van der Waals surface area contributed by atoms with Crippen molar-refractivity contribution in [3.05, 3.63) is 0 Å². The first kappa shape index (κ1) is 10.5. The van der Waals surface area contributed by atoms with Crippen molar-refractivity contribution < 1.29 is 0 Å². The summed E-state index contributed by atoms with van der Waals surface area (Å²) >= 11 is 0. The van der Waals surface area contributed by atoms with Crippen LogP contribution in [0.5, 0.6) is 0 Å². The molecule has 0 aromatic carbocycles. The summed E-state index contributed by atoms with van der Waals surface area (Å²) in [6.45, 7) is 3.66. The lowest BCUT2D eigenvalue weighted by molar-refractivity contribution is 0.343. The number of hydrogen-bond donors (Lipinski definition) is 1. The van der Waals surface area contributed by atoms with Gasteiger partial charge in [0.15, 0.2) is 0 Å². The summed E-state index contributed by atoms with van der Waals surface area (Å²) < 4.78 is 0. The van der Waals surface area contributed by atoms with Crippen LogP contribution in [0, 0.1) is 5.92 Å². The topological polar surface area (TPSA) is 12.0 Å². The van der Waals surface area contributed by atoms with E-state index in [9.17, 15) is 0 Å². The van der Waals surface area contributed by atoms with Gasteiger partial charge in [0.2, 0.25) is 0 Å². The Morgan fingerprint density at radius 1 is 1.00 bits per heavy atom. The van der Waals surface area contributed by atoms with Gasteiger partial charge < -0.3 is 5.32 Å². The fraction of sp³-hybridized carbons (Fsp3) is 1.00. The predicted molar refractivity (Wildman–Crippen MR) is 61.5 cm³/mol. The normalized spacial score (nSPS) is 28.1. The lowest BCUT2D eigenvalue weighted by Gasteiger charge is -2.22. The van der Waals surface area contributed by atoms with Gasteiger partial charge in [-0.25, -0.2) is 0 Å². The first-order valence-electron chi connectivity index (χ1n) is 6.54. The number of hydrogen-bond acceptors (Lipinski definition) is 1. The molecule has 2 aliphatic carbocycles. The van der Waals surface area contributed by atoms with Crippen LogP contribution in [0.4, 0.5) is 0 Å². The van der Waals surface area contributed by atoms with Crippen molar-refractivity contribution >= 4 is 0 Å². The molecule has 0 spiro atoms. The molecule has 0 saturated heterocycles. The zero-order valence-corrected chi connectivity index (χ0v) is 9.65. The van der Waals surface area contributed by atoms with Crippen molar-refractivity contribution in [2.24, 2.45) is 5.92 Å². The Kier molecular flexibility index (Phi) is 3.48. The van der Waals surface area contributed by atoms with Crippen molar-refractivity contribution in [2.45, 2.75) is 70.3 Å². The van der Waals surface area contributed by atoms with E-state index in [-0.39, 0.29) is 0 Å². The average Bonchev–Trinajstić information content (AvgIpc) is 2.82. The van der Waals surface area contributed by atoms with Crippen LogP contribution in [0.1, 0.15) is 64.7 Å². The first-order valence-corrected chi connectivity index (χ1v) is 6.54. The zero-order chi connectivity index (χ0) is 9.86. The fourth-order valence-electron chi connectivity index (χ4n) is 2.50. The van der Waals surface area contributed by atoms with Crippen LogP contribution in [0.25, 0.3) is 0 Å². The van der Waals surface area contributed by atoms with Crippen molar-refractivity contribution in [2.75, 3.05) is 6.54 Å². The monoisotopic (exact) mass is 195 g/mol. The molecule has 0 bridgehead atoms. The van der Waals surface area contributed by atoms with Gasteiger partial charge in [-0.15, -0.1) is 0 Å². The molecule has 0 unspecified atom stereocenters. The molecule has 1 heteroatoms. The van der Waals surface area contributed by atoms with Crippen molar-refractivity contribution in [3.63, 3.8) is 0 Å². The quantitative estimate of drug-likeness (QED) is 0.727. The molecule has 0 aromatic rings. The average molecular weight is 195 g/mol. The molecule has 0 aliphatic heterocycles. The SMILES string of the molecule is CC1(NCC2CCCCCCC2)CC1. The molecule has 0 amide bonds. The third-order valence-electron chi connectivity index (χ3n) is 4.04. The Hall–Kier alpha value is -0.0400. The van der Waals surface area contributed by atoms with Gasteiger partial charge in [-0.1, -0.05) is 32.1 Å². The van der Waals surface area contributed by atoms with E-state index in [4.69, 9.17) is 0 Å². The molecule has 0 heterocycles. The summed E-state index contributed by atoms with van der Waals surface area (Å²) in [5.74, 6) is 0.979. The van der Waals surface area contributed by atoms with Gasteiger partial charge in [-0.3, -0.25) is 0 Å². The molecule has 82 valence electrons. The van der Waals surface area contributed by atoms with Crippen molar-refractivity contribution in [1.29, 1.82) is 0 Å². The van der Waals surface area contributed by atoms with Gasteiger partial charge in [0, 0.05) is 5.54 Å². The van der Waals surface area contributed by atoms with Crippen LogP contribution in [-0.2, 0) is 0 Å². The van der Waals surface area contributed by atoms with E-state index in [1.54, 1.807) is 0 Å². The minimum Gasteiger partial charge on any atom is -0.311 e. The summed E-state index contributed by atoms with van der Waals surface area (Å²) in [5.41, 5.74) is 0.544. The Morgan fingerprint density at radius 2 is 1.57 bits per heavy atom. The highest BCUT2D eigenvalue weighted by Crippen LogP contribution is 2.34. The van der Waals surface area contributed by atoms with E-state index < -0.39 is 0 Å². The molecule has 0 atom stereocenters. The second kappa shape index (κ2) is 4.65. The minimum absolute atomic E-state index is 0.544. The molecule has 2 saturated carbocycles. The van der Waals surface area contributed by atoms with Gasteiger partial charge in [0.05, 0.1) is 0 Å². The largest absolute Gasteiger partial charge is 0.311 e. The maximum atomic E-state index is 3.75. The fourth-order valence-corrected chi connectivity index (χ4v) is 2.50. The first-order chi connectivity index (χ1) is 6.79. The lowest BCUT2D eigenvalue weighted by Crippen LogP contribution is -2.33. The smallest absolute Gasteiger partial charge is 0.0154 e. The molecule has 1 nitrogen and oxygen atoms in total. The number of nitrogens with one attached hydrogen (secondary N) is 1. The highest BCUT2D eigenvalue weighted by atomic mass is 15.0.